The minimum atomic E-state index is -3.93. The van der Waals surface area contributed by atoms with Crippen molar-refractivity contribution < 1.29 is 12.8 Å². The fraction of sp³-hybridized carbons (Fsp3) is 0.278. The summed E-state index contributed by atoms with van der Waals surface area (Å²) in [6, 6.07) is 8.36. The molecule has 4 rings (SSSR count). The van der Waals surface area contributed by atoms with Crippen LogP contribution >= 0.6 is 11.6 Å². The van der Waals surface area contributed by atoms with Gasteiger partial charge in [0.05, 0.1) is 16.2 Å². The molecule has 0 radical (unpaired) electrons. The number of nitrogens with one attached hydrogen (secondary N) is 1. The summed E-state index contributed by atoms with van der Waals surface area (Å²) in [7, 11) is -2.39. The maximum Gasteiger partial charge on any atom is 0.419 e. The van der Waals surface area contributed by atoms with Crippen LogP contribution in [-0.2, 0) is 29.9 Å². The Balaban J connectivity index is 1.79. The van der Waals surface area contributed by atoms with Gasteiger partial charge in [0.15, 0.2) is 5.58 Å². The molecule has 26 heavy (non-hydrogen) atoms. The van der Waals surface area contributed by atoms with E-state index in [1.54, 1.807) is 6.07 Å². The van der Waals surface area contributed by atoms with E-state index in [2.05, 4.69) is 4.72 Å². The monoisotopic (exact) mass is 392 g/mol. The number of hydrogen-bond donors (Lipinski definition) is 1. The summed E-state index contributed by atoms with van der Waals surface area (Å²) in [4.78, 5) is 11.5. The van der Waals surface area contributed by atoms with Crippen LogP contribution in [0.15, 0.2) is 44.4 Å². The maximum absolute atomic E-state index is 12.9. The smallest absolute Gasteiger partial charge is 0.408 e. The van der Waals surface area contributed by atoms with E-state index in [4.69, 9.17) is 16.0 Å². The van der Waals surface area contributed by atoms with Crippen LogP contribution in [0.5, 0.6) is 0 Å². The van der Waals surface area contributed by atoms with Gasteiger partial charge in [0.25, 0.3) is 10.0 Å². The van der Waals surface area contributed by atoms with Crippen LogP contribution < -0.4 is 10.5 Å². The van der Waals surface area contributed by atoms with Crippen molar-refractivity contribution in [2.24, 2.45) is 7.05 Å². The Labute approximate surface area is 155 Å². The Morgan fingerprint density at radius 2 is 1.96 bits per heavy atom. The van der Waals surface area contributed by atoms with Crippen molar-refractivity contribution in [3.8, 4) is 0 Å². The molecule has 0 saturated carbocycles. The fourth-order valence-corrected chi connectivity index (χ4v) is 5.04. The number of nitrogens with zero attached hydrogens (tertiary/aromatic N) is 1. The molecule has 0 bridgehead atoms. The first-order valence-electron chi connectivity index (χ1n) is 8.29. The van der Waals surface area contributed by atoms with Gasteiger partial charge in [0.1, 0.15) is 4.90 Å². The summed E-state index contributed by atoms with van der Waals surface area (Å²) in [6.07, 6.45) is 3.94. The van der Waals surface area contributed by atoms with Gasteiger partial charge in [-0.2, -0.15) is 0 Å². The Morgan fingerprint density at radius 1 is 1.19 bits per heavy atom. The number of benzene rings is 2. The van der Waals surface area contributed by atoms with Gasteiger partial charge in [0.2, 0.25) is 0 Å². The topological polar surface area (TPSA) is 81.3 Å². The molecule has 8 heteroatoms. The molecule has 1 aromatic heterocycles. The summed E-state index contributed by atoms with van der Waals surface area (Å²) in [5.41, 5.74) is 3.40. The molecule has 0 spiro atoms. The van der Waals surface area contributed by atoms with Crippen LogP contribution in [0.2, 0.25) is 5.02 Å². The lowest BCUT2D eigenvalue weighted by Crippen LogP contribution is -2.16. The number of fused-ring (bicyclic) bond motifs is 2. The number of oxazole rings is 1. The predicted octanol–water partition coefficient (Wildman–Crippen LogP) is 3.46. The third-order valence-corrected chi connectivity index (χ3v) is 6.61. The third kappa shape index (κ3) is 2.81. The van der Waals surface area contributed by atoms with E-state index >= 15 is 0 Å². The molecule has 0 saturated heterocycles. The predicted molar refractivity (Wildman–Crippen MR) is 100 cm³/mol. The standard InChI is InChI=1S/C18H17ClN2O4S/c1-21-15-9-13(19)17(10-16(15)25-18(21)22)26(23,24)20-14-8-4-6-11-5-2-3-7-12(11)14/h4,6,8-10,20H,2-3,5,7H2,1H3. The normalized spacial score (nSPS) is 14.4. The summed E-state index contributed by atoms with van der Waals surface area (Å²) >= 11 is 6.20. The average molecular weight is 393 g/mol. The molecule has 1 heterocycles. The van der Waals surface area contributed by atoms with E-state index in [1.165, 1.54) is 29.3 Å². The quantitative estimate of drug-likeness (QED) is 0.740. The number of halogens is 1. The van der Waals surface area contributed by atoms with Crippen molar-refractivity contribution in [1.82, 2.24) is 4.57 Å². The van der Waals surface area contributed by atoms with Gasteiger partial charge in [0, 0.05) is 13.1 Å². The lowest BCUT2D eigenvalue weighted by Gasteiger charge is -2.20. The van der Waals surface area contributed by atoms with E-state index in [0.717, 1.165) is 31.2 Å². The maximum atomic E-state index is 12.9. The summed E-state index contributed by atoms with van der Waals surface area (Å²) in [5.74, 6) is -0.573. The molecule has 1 aliphatic rings. The first-order chi connectivity index (χ1) is 12.4. The molecule has 1 N–H and O–H groups in total. The highest BCUT2D eigenvalue weighted by molar-refractivity contribution is 7.92. The van der Waals surface area contributed by atoms with Gasteiger partial charge in [-0.25, -0.2) is 13.2 Å². The first-order valence-corrected chi connectivity index (χ1v) is 10.2. The number of sulfonamides is 1. The molecule has 1 aliphatic carbocycles. The molecular formula is C18H17ClN2O4S. The Bertz CT molecular complexity index is 1180. The number of rotatable bonds is 3. The molecule has 0 fully saturated rings. The molecule has 136 valence electrons. The third-order valence-electron chi connectivity index (χ3n) is 4.78. The molecule has 0 aliphatic heterocycles. The number of hydrogen-bond acceptors (Lipinski definition) is 4. The van der Waals surface area contributed by atoms with Gasteiger partial charge in [-0.15, -0.1) is 0 Å². The van der Waals surface area contributed by atoms with Gasteiger partial charge in [-0.05, 0) is 48.9 Å². The minimum Gasteiger partial charge on any atom is -0.408 e. The molecular weight excluding hydrogens is 376 g/mol. The van der Waals surface area contributed by atoms with Gasteiger partial charge < -0.3 is 4.42 Å². The first kappa shape index (κ1) is 17.2. The van der Waals surface area contributed by atoms with Crippen LogP contribution in [0, 0.1) is 0 Å². The Morgan fingerprint density at radius 3 is 2.77 bits per heavy atom. The Kier molecular flexibility index (Phi) is 4.08. The van der Waals surface area contributed by atoms with Crippen LogP contribution in [-0.4, -0.2) is 13.0 Å². The number of anilines is 1. The van der Waals surface area contributed by atoms with Crippen LogP contribution in [0.1, 0.15) is 24.0 Å². The second-order valence-corrected chi connectivity index (χ2v) is 8.49. The second-order valence-electron chi connectivity index (χ2n) is 6.43. The summed E-state index contributed by atoms with van der Waals surface area (Å²) in [6.45, 7) is 0. The molecule has 0 atom stereocenters. The molecule has 3 aromatic rings. The van der Waals surface area contributed by atoms with Crippen molar-refractivity contribution in [3.05, 3.63) is 57.0 Å². The van der Waals surface area contributed by atoms with Crippen molar-refractivity contribution >= 4 is 38.4 Å². The molecule has 2 aromatic carbocycles. The van der Waals surface area contributed by atoms with Crippen LogP contribution in [0.25, 0.3) is 11.1 Å². The van der Waals surface area contributed by atoms with E-state index in [1.807, 2.05) is 12.1 Å². The number of aryl methyl sites for hydroxylation is 2. The van der Waals surface area contributed by atoms with Crippen LogP contribution in [0.4, 0.5) is 5.69 Å². The van der Waals surface area contributed by atoms with E-state index in [0.29, 0.717) is 11.2 Å². The molecule has 0 amide bonds. The average Bonchev–Trinajstić information content (AvgIpc) is 2.88. The lowest BCUT2D eigenvalue weighted by atomic mass is 9.91. The van der Waals surface area contributed by atoms with E-state index < -0.39 is 15.8 Å². The second kappa shape index (κ2) is 6.17. The molecule has 0 unspecified atom stereocenters. The largest absolute Gasteiger partial charge is 0.419 e. The fourth-order valence-electron chi connectivity index (χ4n) is 3.41. The molecule has 6 nitrogen and oxygen atoms in total. The highest BCUT2D eigenvalue weighted by Crippen LogP contribution is 2.32. The summed E-state index contributed by atoms with van der Waals surface area (Å²) < 4.78 is 34.9. The SMILES string of the molecule is Cn1c(=O)oc2cc(S(=O)(=O)Nc3cccc4c3CCCC4)c(Cl)cc21. The highest BCUT2D eigenvalue weighted by atomic mass is 35.5. The highest BCUT2D eigenvalue weighted by Gasteiger charge is 2.23. The zero-order chi connectivity index (χ0) is 18.5. The van der Waals surface area contributed by atoms with Crippen molar-refractivity contribution in [2.75, 3.05) is 4.72 Å². The van der Waals surface area contributed by atoms with Crippen LogP contribution in [0.3, 0.4) is 0 Å². The van der Waals surface area contributed by atoms with Crippen molar-refractivity contribution in [1.29, 1.82) is 0 Å². The van der Waals surface area contributed by atoms with Gasteiger partial charge in [-0.1, -0.05) is 23.7 Å². The van der Waals surface area contributed by atoms with Crippen molar-refractivity contribution in [2.45, 2.75) is 30.6 Å². The number of aromatic nitrogens is 1. The summed E-state index contributed by atoms with van der Waals surface area (Å²) in [5, 5.41) is 0.0335. The van der Waals surface area contributed by atoms with Crippen molar-refractivity contribution in [3.63, 3.8) is 0 Å². The minimum absolute atomic E-state index is 0.0335. The van der Waals surface area contributed by atoms with E-state index in [9.17, 15) is 13.2 Å². The van der Waals surface area contributed by atoms with Gasteiger partial charge in [-0.3, -0.25) is 9.29 Å². The zero-order valence-electron chi connectivity index (χ0n) is 14.1. The van der Waals surface area contributed by atoms with Gasteiger partial charge >= 0.3 is 5.76 Å². The lowest BCUT2D eigenvalue weighted by molar-refractivity contribution is 0.527. The Hall–Kier alpha value is -2.25. The zero-order valence-corrected chi connectivity index (χ0v) is 15.7. The van der Waals surface area contributed by atoms with E-state index in [-0.39, 0.29) is 15.5 Å².